The average molecular weight is 193 g/mol. The summed E-state index contributed by atoms with van der Waals surface area (Å²) in [7, 11) is 4.03. The molecule has 0 radical (unpaired) electrons. The minimum absolute atomic E-state index is 0.478. The highest BCUT2D eigenvalue weighted by Crippen LogP contribution is 2.25. The van der Waals surface area contributed by atoms with Crippen LogP contribution in [0.2, 0.25) is 0 Å². The van der Waals surface area contributed by atoms with E-state index in [2.05, 4.69) is 18.0 Å². The van der Waals surface area contributed by atoms with Crippen LogP contribution in [-0.4, -0.2) is 25.6 Å². The summed E-state index contributed by atoms with van der Waals surface area (Å²) < 4.78 is 0. The van der Waals surface area contributed by atoms with Crippen LogP contribution in [-0.2, 0) is 0 Å². The van der Waals surface area contributed by atoms with Gasteiger partial charge in [-0.25, -0.2) is 4.98 Å². The zero-order valence-corrected chi connectivity index (χ0v) is 9.20. The molecule has 1 aromatic heterocycles. The first-order valence-electron chi connectivity index (χ1n) is 4.99. The second kappa shape index (κ2) is 4.96. The van der Waals surface area contributed by atoms with Gasteiger partial charge < -0.3 is 10.6 Å². The van der Waals surface area contributed by atoms with E-state index in [0.717, 1.165) is 18.8 Å². The first kappa shape index (κ1) is 11.0. The van der Waals surface area contributed by atoms with Crippen molar-refractivity contribution in [2.75, 3.05) is 25.5 Å². The van der Waals surface area contributed by atoms with E-state index in [1.807, 2.05) is 31.3 Å². The number of aromatic nitrogens is 1. The second-order valence-electron chi connectivity index (χ2n) is 3.79. The smallest absolute Gasteiger partial charge is 0.131 e. The van der Waals surface area contributed by atoms with Crippen LogP contribution in [0.4, 0.5) is 5.82 Å². The summed E-state index contributed by atoms with van der Waals surface area (Å²) in [5, 5.41) is 0. The lowest BCUT2D eigenvalue weighted by Crippen LogP contribution is -2.15. The lowest BCUT2D eigenvalue weighted by molar-refractivity contribution is 0.686. The molecule has 0 aliphatic carbocycles. The summed E-state index contributed by atoms with van der Waals surface area (Å²) in [5.74, 6) is 1.53. The molecule has 3 nitrogen and oxygen atoms in total. The monoisotopic (exact) mass is 193 g/mol. The summed E-state index contributed by atoms with van der Waals surface area (Å²) in [6, 6.07) is 4.11. The standard InChI is InChI=1S/C11H19N3/c1-9(6-7-12)10-5-4-8-13-11(10)14(2)3/h4-5,8-9H,6-7,12H2,1-3H3. The predicted molar refractivity (Wildman–Crippen MR) is 60.7 cm³/mol. The van der Waals surface area contributed by atoms with Crippen LogP contribution < -0.4 is 10.6 Å². The van der Waals surface area contributed by atoms with Gasteiger partial charge in [-0.15, -0.1) is 0 Å². The first-order chi connectivity index (χ1) is 6.66. The van der Waals surface area contributed by atoms with Gasteiger partial charge in [0.25, 0.3) is 0 Å². The Balaban J connectivity index is 2.94. The molecule has 0 saturated heterocycles. The maximum atomic E-state index is 5.56. The van der Waals surface area contributed by atoms with Crippen molar-refractivity contribution in [2.45, 2.75) is 19.3 Å². The van der Waals surface area contributed by atoms with Crippen LogP contribution in [0.3, 0.4) is 0 Å². The van der Waals surface area contributed by atoms with Crippen LogP contribution in [0.1, 0.15) is 24.8 Å². The van der Waals surface area contributed by atoms with Crippen molar-refractivity contribution in [3.63, 3.8) is 0 Å². The molecule has 0 fully saturated rings. The number of hydrogen-bond donors (Lipinski definition) is 1. The number of nitrogens with two attached hydrogens (primary N) is 1. The second-order valence-corrected chi connectivity index (χ2v) is 3.79. The molecule has 1 heterocycles. The highest BCUT2D eigenvalue weighted by atomic mass is 15.1. The molecule has 0 aliphatic rings. The largest absolute Gasteiger partial charge is 0.363 e. The molecule has 0 amide bonds. The summed E-state index contributed by atoms with van der Waals surface area (Å²) in [5.41, 5.74) is 6.84. The molecule has 14 heavy (non-hydrogen) atoms. The topological polar surface area (TPSA) is 42.1 Å². The fraction of sp³-hybridized carbons (Fsp3) is 0.545. The highest BCUT2D eigenvalue weighted by Gasteiger charge is 2.11. The van der Waals surface area contributed by atoms with Crippen molar-refractivity contribution >= 4 is 5.82 Å². The molecule has 78 valence electrons. The molecule has 1 aromatic rings. The van der Waals surface area contributed by atoms with Gasteiger partial charge in [-0.2, -0.15) is 0 Å². The Morgan fingerprint density at radius 3 is 2.79 bits per heavy atom. The van der Waals surface area contributed by atoms with E-state index < -0.39 is 0 Å². The van der Waals surface area contributed by atoms with Crippen molar-refractivity contribution in [2.24, 2.45) is 5.73 Å². The normalized spacial score (nSPS) is 12.6. The van der Waals surface area contributed by atoms with E-state index in [4.69, 9.17) is 5.73 Å². The molecule has 0 bridgehead atoms. The Kier molecular flexibility index (Phi) is 3.89. The maximum Gasteiger partial charge on any atom is 0.131 e. The van der Waals surface area contributed by atoms with Gasteiger partial charge in [-0.1, -0.05) is 13.0 Å². The van der Waals surface area contributed by atoms with E-state index >= 15 is 0 Å². The van der Waals surface area contributed by atoms with Crippen LogP contribution in [0.25, 0.3) is 0 Å². The fourth-order valence-electron chi connectivity index (χ4n) is 1.57. The predicted octanol–water partition coefficient (Wildman–Crippen LogP) is 1.60. The van der Waals surface area contributed by atoms with E-state index in [9.17, 15) is 0 Å². The molecular weight excluding hydrogens is 174 g/mol. The first-order valence-corrected chi connectivity index (χ1v) is 4.99. The van der Waals surface area contributed by atoms with Gasteiger partial charge in [0.05, 0.1) is 0 Å². The van der Waals surface area contributed by atoms with Gasteiger partial charge in [-0.3, -0.25) is 0 Å². The quantitative estimate of drug-likeness (QED) is 0.789. The molecule has 0 saturated carbocycles. The van der Waals surface area contributed by atoms with E-state index in [1.165, 1.54) is 5.56 Å². The maximum absolute atomic E-state index is 5.56. The third-order valence-electron chi connectivity index (χ3n) is 2.37. The molecule has 0 spiro atoms. The van der Waals surface area contributed by atoms with Crippen LogP contribution in [0.15, 0.2) is 18.3 Å². The zero-order valence-electron chi connectivity index (χ0n) is 9.20. The molecule has 2 N–H and O–H groups in total. The zero-order chi connectivity index (χ0) is 10.6. The van der Waals surface area contributed by atoms with Crippen LogP contribution in [0, 0.1) is 0 Å². The molecule has 0 aliphatic heterocycles. The number of anilines is 1. The lowest BCUT2D eigenvalue weighted by atomic mass is 9.98. The van der Waals surface area contributed by atoms with Crippen molar-refractivity contribution in [1.82, 2.24) is 4.98 Å². The van der Waals surface area contributed by atoms with Gasteiger partial charge in [0.2, 0.25) is 0 Å². The van der Waals surface area contributed by atoms with Crippen molar-refractivity contribution in [1.29, 1.82) is 0 Å². The van der Waals surface area contributed by atoms with Crippen LogP contribution >= 0.6 is 0 Å². The fourth-order valence-corrected chi connectivity index (χ4v) is 1.57. The average Bonchev–Trinajstić information content (AvgIpc) is 2.18. The SMILES string of the molecule is CC(CCN)c1cccnc1N(C)C. The van der Waals surface area contributed by atoms with Gasteiger partial charge in [0.15, 0.2) is 0 Å². The highest BCUT2D eigenvalue weighted by molar-refractivity contribution is 5.46. The number of nitrogens with zero attached hydrogens (tertiary/aromatic N) is 2. The van der Waals surface area contributed by atoms with Gasteiger partial charge in [0, 0.05) is 20.3 Å². The summed E-state index contributed by atoms with van der Waals surface area (Å²) >= 11 is 0. The Morgan fingerprint density at radius 1 is 1.50 bits per heavy atom. The molecule has 3 heteroatoms. The Morgan fingerprint density at radius 2 is 2.21 bits per heavy atom. The Labute approximate surface area is 85.9 Å². The minimum atomic E-state index is 0.478. The van der Waals surface area contributed by atoms with Gasteiger partial charge in [-0.05, 0) is 30.5 Å². The van der Waals surface area contributed by atoms with Gasteiger partial charge in [0.1, 0.15) is 5.82 Å². The molecule has 1 rings (SSSR count). The molecule has 1 unspecified atom stereocenters. The summed E-state index contributed by atoms with van der Waals surface area (Å²) in [4.78, 5) is 6.41. The van der Waals surface area contributed by atoms with Crippen molar-refractivity contribution in [3.8, 4) is 0 Å². The summed E-state index contributed by atoms with van der Waals surface area (Å²) in [6.07, 6.45) is 2.83. The van der Waals surface area contributed by atoms with E-state index in [0.29, 0.717) is 5.92 Å². The summed E-state index contributed by atoms with van der Waals surface area (Å²) in [6.45, 7) is 2.92. The number of pyridine rings is 1. The van der Waals surface area contributed by atoms with E-state index in [1.54, 1.807) is 0 Å². The number of hydrogen-bond acceptors (Lipinski definition) is 3. The Hall–Kier alpha value is -1.09. The number of rotatable bonds is 4. The van der Waals surface area contributed by atoms with Crippen molar-refractivity contribution in [3.05, 3.63) is 23.9 Å². The molecular formula is C11H19N3. The third kappa shape index (κ3) is 2.45. The lowest BCUT2D eigenvalue weighted by Gasteiger charge is -2.19. The van der Waals surface area contributed by atoms with Crippen LogP contribution in [0.5, 0.6) is 0 Å². The van der Waals surface area contributed by atoms with Crippen molar-refractivity contribution < 1.29 is 0 Å². The molecule has 1 atom stereocenters. The van der Waals surface area contributed by atoms with Gasteiger partial charge >= 0.3 is 0 Å². The third-order valence-corrected chi connectivity index (χ3v) is 2.37. The molecule has 0 aromatic carbocycles. The minimum Gasteiger partial charge on any atom is -0.363 e. The Bertz CT molecular complexity index is 284. The van der Waals surface area contributed by atoms with E-state index in [-0.39, 0.29) is 0 Å².